The Balaban J connectivity index is 1.83. The summed E-state index contributed by atoms with van der Waals surface area (Å²) in [6.45, 7) is 6.44. The molecule has 1 aromatic heterocycles. The van der Waals surface area contributed by atoms with E-state index in [0.717, 1.165) is 23.9 Å². The molecular weight excluding hydrogens is 226 g/mol. The normalized spacial score (nSPS) is 22.1. The van der Waals surface area contributed by atoms with E-state index in [0.29, 0.717) is 12.5 Å². The molecule has 3 nitrogen and oxygen atoms in total. The fraction of sp³-hybridized carbons (Fsp3) is 0.400. The van der Waals surface area contributed by atoms with Crippen molar-refractivity contribution in [2.24, 2.45) is 5.92 Å². The van der Waals surface area contributed by atoms with Crippen LogP contribution in [0.2, 0.25) is 0 Å². The first kappa shape index (κ1) is 12.7. The number of hydrogen-bond donors (Lipinski definition) is 1. The molecule has 18 heavy (non-hydrogen) atoms. The summed E-state index contributed by atoms with van der Waals surface area (Å²) in [5.41, 5.74) is 0. The van der Waals surface area contributed by atoms with Crippen LogP contribution in [0.3, 0.4) is 0 Å². The van der Waals surface area contributed by atoms with Crippen LogP contribution < -0.4 is 5.32 Å². The fourth-order valence-electron chi connectivity index (χ4n) is 1.89. The van der Waals surface area contributed by atoms with Crippen molar-refractivity contribution < 1.29 is 9.21 Å². The minimum Gasteiger partial charge on any atom is -0.461 e. The molecule has 1 aliphatic carbocycles. The predicted octanol–water partition coefficient (Wildman–Crippen LogP) is 3.11. The third-order valence-corrected chi connectivity index (χ3v) is 3.17. The Morgan fingerprint density at radius 1 is 1.61 bits per heavy atom. The zero-order valence-electron chi connectivity index (χ0n) is 10.7. The molecule has 1 amide bonds. The zero-order valence-corrected chi connectivity index (χ0v) is 10.7. The Hall–Kier alpha value is -1.77. The summed E-state index contributed by atoms with van der Waals surface area (Å²) in [6.07, 6.45) is 6.98. The second kappa shape index (κ2) is 5.71. The van der Waals surface area contributed by atoms with Gasteiger partial charge in [0, 0.05) is 18.5 Å². The number of carbonyl (C=O) groups is 1. The van der Waals surface area contributed by atoms with Crippen LogP contribution in [0.4, 0.5) is 0 Å². The molecule has 1 heterocycles. The van der Waals surface area contributed by atoms with E-state index in [1.165, 1.54) is 12.5 Å². The Kier molecular flexibility index (Phi) is 4.03. The van der Waals surface area contributed by atoms with Crippen molar-refractivity contribution in [2.75, 3.05) is 6.54 Å². The second-order valence-corrected chi connectivity index (χ2v) is 4.76. The van der Waals surface area contributed by atoms with Crippen molar-refractivity contribution in [1.29, 1.82) is 0 Å². The molecule has 0 aliphatic heterocycles. The van der Waals surface area contributed by atoms with E-state index < -0.39 is 0 Å². The molecule has 1 saturated carbocycles. The van der Waals surface area contributed by atoms with Crippen LogP contribution in [-0.4, -0.2) is 12.5 Å². The fourth-order valence-corrected chi connectivity index (χ4v) is 1.89. The molecule has 2 atom stereocenters. The standard InChI is InChI=1S/C15H19NO2/c1-3-4-9-16-15(17)8-6-12-5-7-14(18-12)13-10-11(13)2/h3,5-8,11,13H,1,4,9-10H2,2H3,(H,16,17)/b8-6+. The molecule has 0 radical (unpaired) electrons. The average molecular weight is 245 g/mol. The second-order valence-electron chi connectivity index (χ2n) is 4.76. The molecule has 2 rings (SSSR count). The first-order valence-corrected chi connectivity index (χ1v) is 6.37. The molecule has 0 saturated heterocycles. The van der Waals surface area contributed by atoms with E-state index >= 15 is 0 Å². The van der Waals surface area contributed by atoms with Gasteiger partial charge in [-0.05, 0) is 37.0 Å². The number of nitrogens with one attached hydrogen (secondary N) is 1. The predicted molar refractivity (Wildman–Crippen MR) is 72.1 cm³/mol. The smallest absolute Gasteiger partial charge is 0.244 e. The summed E-state index contributed by atoms with van der Waals surface area (Å²) < 4.78 is 5.67. The summed E-state index contributed by atoms with van der Waals surface area (Å²) in [4.78, 5) is 11.4. The SMILES string of the molecule is C=CCCNC(=O)/C=C/c1ccc(C2CC2C)o1. The number of rotatable bonds is 6. The van der Waals surface area contributed by atoms with Crippen LogP contribution in [-0.2, 0) is 4.79 Å². The Morgan fingerprint density at radius 3 is 3.06 bits per heavy atom. The highest BCUT2D eigenvalue weighted by Crippen LogP contribution is 2.47. The summed E-state index contributed by atoms with van der Waals surface area (Å²) in [6, 6.07) is 3.91. The van der Waals surface area contributed by atoms with E-state index in [4.69, 9.17) is 4.42 Å². The van der Waals surface area contributed by atoms with Crippen LogP contribution in [0.5, 0.6) is 0 Å². The Morgan fingerprint density at radius 2 is 2.39 bits per heavy atom. The lowest BCUT2D eigenvalue weighted by atomic mass is 10.3. The van der Waals surface area contributed by atoms with Crippen LogP contribution in [0.1, 0.15) is 37.2 Å². The third kappa shape index (κ3) is 3.36. The molecule has 1 fully saturated rings. The third-order valence-electron chi connectivity index (χ3n) is 3.17. The maximum atomic E-state index is 11.4. The highest BCUT2D eigenvalue weighted by atomic mass is 16.3. The number of carbonyl (C=O) groups excluding carboxylic acids is 1. The quantitative estimate of drug-likeness (QED) is 0.475. The van der Waals surface area contributed by atoms with Gasteiger partial charge < -0.3 is 9.73 Å². The molecule has 1 aromatic rings. The molecule has 0 bridgehead atoms. The van der Waals surface area contributed by atoms with Gasteiger partial charge in [0.05, 0.1) is 0 Å². The monoisotopic (exact) mass is 245 g/mol. The first-order valence-electron chi connectivity index (χ1n) is 6.37. The molecule has 0 aromatic carbocycles. The highest BCUT2D eigenvalue weighted by molar-refractivity contribution is 5.91. The molecule has 1 N–H and O–H groups in total. The lowest BCUT2D eigenvalue weighted by Crippen LogP contribution is -2.21. The van der Waals surface area contributed by atoms with Gasteiger partial charge in [-0.2, -0.15) is 0 Å². The van der Waals surface area contributed by atoms with Crippen molar-refractivity contribution in [1.82, 2.24) is 5.32 Å². The van der Waals surface area contributed by atoms with E-state index in [-0.39, 0.29) is 5.91 Å². The van der Waals surface area contributed by atoms with Crippen molar-refractivity contribution in [3.8, 4) is 0 Å². The van der Waals surface area contributed by atoms with E-state index in [9.17, 15) is 4.79 Å². The van der Waals surface area contributed by atoms with Gasteiger partial charge in [-0.15, -0.1) is 6.58 Å². The van der Waals surface area contributed by atoms with E-state index in [2.05, 4.69) is 18.8 Å². The molecule has 0 spiro atoms. The van der Waals surface area contributed by atoms with Crippen molar-refractivity contribution in [2.45, 2.75) is 25.7 Å². The van der Waals surface area contributed by atoms with Crippen LogP contribution in [0, 0.1) is 5.92 Å². The van der Waals surface area contributed by atoms with Gasteiger partial charge in [0.2, 0.25) is 5.91 Å². The van der Waals surface area contributed by atoms with E-state index in [1.54, 1.807) is 12.2 Å². The first-order chi connectivity index (χ1) is 8.70. The maximum Gasteiger partial charge on any atom is 0.244 e. The van der Waals surface area contributed by atoms with Gasteiger partial charge in [0.1, 0.15) is 11.5 Å². The van der Waals surface area contributed by atoms with Gasteiger partial charge in [-0.25, -0.2) is 0 Å². The average Bonchev–Trinajstić information content (AvgIpc) is 2.91. The summed E-state index contributed by atoms with van der Waals surface area (Å²) >= 11 is 0. The van der Waals surface area contributed by atoms with E-state index in [1.807, 2.05) is 12.1 Å². The van der Waals surface area contributed by atoms with Gasteiger partial charge in [-0.1, -0.05) is 13.0 Å². The van der Waals surface area contributed by atoms with Gasteiger partial charge in [-0.3, -0.25) is 4.79 Å². The van der Waals surface area contributed by atoms with Gasteiger partial charge in [0.15, 0.2) is 0 Å². The zero-order chi connectivity index (χ0) is 13.0. The molecule has 1 aliphatic rings. The van der Waals surface area contributed by atoms with Crippen molar-refractivity contribution in [3.05, 3.63) is 42.4 Å². The molecule has 96 valence electrons. The van der Waals surface area contributed by atoms with Crippen LogP contribution in [0.15, 0.2) is 35.3 Å². The molecule has 2 unspecified atom stereocenters. The maximum absolute atomic E-state index is 11.4. The summed E-state index contributed by atoms with van der Waals surface area (Å²) in [7, 11) is 0. The minimum atomic E-state index is -0.102. The molecular formula is C15H19NO2. The minimum absolute atomic E-state index is 0.102. The van der Waals surface area contributed by atoms with Gasteiger partial charge >= 0.3 is 0 Å². The van der Waals surface area contributed by atoms with Gasteiger partial charge in [0.25, 0.3) is 0 Å². The number of hydrogen-bond acceptors (Lipinski definition) is 2. The highest BCUT2D eigenvalue weighted by Gasteiger charge is 2.36. The van der Waals surface area contributed by atoms with Crippen LogP contribution in [0.25, 0.3) is 6.08 Å². The molecule has 3 heteroatoms. The van der Waals surface area contributed by atoms with Crippen LogP contribution >= 0.6 is 0 Å². The number of amides is 1. The number of furan rings is 1. The lowest BCUT2D eigenvalue weighted by Gasteiger charge is -1.97. The summed E-state index contributed by atoms with van der Waals surface area (Å²) in [5, 5.41) is 2.76. The Labute approximate surface area is 108 Å². The topological polar surface area (TPSA) is 42.2 Å². The van der Waals surface area contributed by atoms with Crippen molar-refractivity contribution in [3.63, 3.8) is 0 Å². The van der Waals surface area contributed by atoms with Crippen molar-refractivity contribution >= 4 is 12.0 Å². The largest absolute Gasteiger partial charge is 0.461 e. The summed E-state index contributed by atoms with van der Waals surface area (Å²) in [5.74, 6) is 2.98. The Bertz CT molecular complexity index is 459. The lowest BCUT2D eigenvalue weighted by molar-refractivity contribution is -0.116.